The molecule has 0 bridgehead atoms. The third-order valence-corrected chi connectivity index (χ3v) is 4.42. The average Bonchev–Trinajstić information content (AvgIpc) is 3.03. The van der Waals surface area contributed by atoms with Crippen LogP contribution < -0.4 is 14.2 Å². The molecule has 0 saturated carbocycles. The number of aliphatic imine (C=N–C) groups is 1. The number of ether oxygens (including phenoxy) is 4. The van der Waals surface area contributed by atoms with Crippen LogP contribution in [0.5, 0.6) is 17.2 Å². The number of methoxy groups -OCH3 is 3. The highest BCUT2D eigenvalue weighted by Crippen LogP contribution is 2.35. The van der Waals surface area contributed by atoms with E-state index in [4.69, 9.17) is 18.9 Å². The summed E-state index contributed by atoms with van der Waals surface area (Å²) in [5, 5.41) is 0. The summed E-state index contributed by atoms with van der Waals surface area (Å²) in [6, 6.07) is 10.7. The number of nitrogens with zero attached hydrogens (tertiary/aromatic N) is 1. The van der Waals surface area contributed by atoms with Crippen molar-refractivity contribution in [2.24, 2.45) is 4.99 Å². The van der Waals surface area contributed by atoms with Crippen molar-refractivity contribution >= 4 is 33.9 Å². The normalized spacial score (nSPS) is 14.8. The highest BCUT2D eigenvalue weighted by Gasteiger charge is 2.25. The Kier molecular flexibility index (Phi) is 5.27. The van der Waals surface area contributed by atoms with E-state index in [1.54, 1.807) is 63.8 Å². The van der Waals surface area contributed by atoms with Gasteiger partial charge in [-0.15, -0.1) is 0 Å². The highest BCUT2D eigenvalue weighted by atomic mass is 79.9. The van der Waals surface area contributed by atoms with Crippen LogP contribution in [0.1, 0.15) is 11.1 Å². The van der Waals surface area contributed by atoms with E-state index in [9.17, 15) is 4.79 Å². The average molecular weight is 418 g/mol. The second-order valence-electron chi connectivity index (χ2n) is 5.30. The molecule has 0 spiro atoms. The third-order valence-electron chi connectivity index (χ3n) is 3.73. The van der Waals surface area contributed by atoms with Crippen LogP contribution in [0, 0.1) is 0 Å². The van der Waals surface area contributed by atoms with Gasteiger partial charge in [-0.2, -0.15) is 0 Å². The topological polar surface area (TPSA) is 66.3 Å². The zero-order chi connectivity index (χ0) is 18.7. The standard InChI is InChI=1S/C19H16BrNO5/c1-23-13-6-4-5-11(7-13)18-21-15(19(22)26-18)8-12-9-16(24-2)17(25-3)10-14(12)20/h4-10H,1-3H3/b15-8-. The van der Waals surface area contributed by atoms with Crippen molar-refractivity contribution in [2.45, 2.75) is 0 Å². The molecule has 6 nitrogen and oxygen atoms in total. The van der Waals surface area contributed by atoms with Crippen molar-refractivity contribution in [3.8, 4) is 17.2 Å². The van der Waals surface area contributed by atoms with Gasteiger partial charge in [-0.1, -0.05) is 22.0 Å². The number of rotatable bonds is 5. The van der Waals surface area contributed by atoms with Crippen molar-refractivity contribution < 1.29 is 23.7 Å². The molecular weight excluding hydrogens is 402 g/mol. The number of hydrogen-bond acceptors (Lipinski definition) is 6. The van der Waals surface area contributed by atoms with Gasteiger partial charge in [0.1, 0.15) is 5.75 Å². The third kappa shape index (κ3) is 3.57. The number of carbonyl (C=O) groups is 1. The predicted octanol–water partition coefficient (Wildman–Crippen LogP) is 3.82. The van der Waals surface area contributed by atoms with Crippen molar-refractivity contribution in [3.63, 3.8) is 0 Å². The van der Waals surface area contributed by atoms with Gasteiger partial charge in [0.05, 0.1) is 21.3 Å². The van der Waals surface area contributed by atoms with Crippen LogP contribution >= 0.6 is 15.9 Å². The number of halogens is 1. The van der Waals surface area contributed by atoms with Gasteiger partial charge in [-0.3, -0.25) is 0 Å². The molecule has 0 fully saturated rings. The van der Waals surface area contributed by atoms with Crippen LogP contribution in [0.2, 0.25) is 0 Å². The Balaban J connectivity index is 1.98. The minimum absolute atomic E-state index is 0.190. The second kappa shape index (κ2) is 7.61. The lowest BCUT2D eigenvalue weighted by Gasteiger charge is -2.09. The summed E-state index contributed by atoms with van der Waals surface area (Å²) in [5.74, 6) is 1.49. The molecule has 0 atom stereocenters. The Morgan fingerprint density at radius 3 is 2.46 bits per heavy atom. The molecule has 0 aliphatic carbocycles. The molecule has 134 valence electrons. The first-order valence-electron chi connectivity index (χ1n) is 7.64. The van der Waals surface area contributed by atoms with E-state index in [1.165, 1.54) is 0 Å². The van der Waals surface area contributed by atoms with Crippen molar-refractivity contribution in [1.29, 1.82) is 0 Å². The lowest BCUT2D eigenvalue weighted by molar-refractivity contribution is -0.129. The first kappa shape index (κ1) is 18.0. The van der Waals surface area contributed by atoms with E-state index in [1.807, 2.05) is 0 Å². The lowest BCUT2D eigenvalue weighted by atomic mass is 10.1. The first-order valence-corrected chi connectivity index (χ1v) is 8.43. The summed E-state index contributed by atoms with van der Waals surface area (Å²) in [6.07, 6.45) is 1.63. The Hall–Kier alpha value is -2.80. The van der Waals surface area contributed by atoms with Crippen LogP contribution in [0.15, 0.2) is 51.6 Å². The van der Waals surface area contributed by atoms with Crippen molar-refractivity contribution in [2.75, 3.05) is 21.3 Å². The van der Waals surface area contributed by atoms with Crippen LogP contribution in [-0.4, -0.2) is 33.2 Å². The molecule has 0 aromatic heterocycles. The van der Waals surface area contributed by atoms with Crippen molar-refractivity contribution in [1.82, 2.24) is 0 Å². The van der Waals surface area contributed by atoms with Crippen LogP contribution in [-0.2, 0) is 9.53 Å². The molecular formula is C19H16BrNO5. The molecule has 2 aromatic carbocycles. The molecule has 2 aromatic rings. The summed E-state index contributed by atoms with van der Waals surface area (Å²) >= 11 is 3.46. The number of benzene rings is 2. The molecule has 26 heavy (non-hydrogen) atoms. The largest absolute Gasteiger partial charge is 0.497 e. The number of cyclic esters (lactones) is 1. The fourth-order valence-corrected chi connectivity index (χ4v) is 2.85. The molecule has 1 heterocycles. The quantitative estimate of drug-likeness (QED) is 0.546. The maximum absolute atomic E-state index is 12.2. The summed E-state index contributed by atoms with van der Waals surface area (Å²) in [7, 11) is 4.68. The van der Waals surface area contributed by atoms with Gasteiger partial charge in [0.2, 0.25) is 5.90 Å². The number of esters is 1. The van der Waals surface area contributed by atoms with E-state index >= 15 is 0 Å². The second-order valence-corrected chi connectivity index (χ2v) is 6.15. The summed E-state index contributed by atoms with van der Waals surface area (Å²) < 4.78 is 21.8. The monoisotopic (exact) mass is 417 g/mol. The fraction of sp³-hybridized carbons (Fsp3) is 0.158. The molecule has 0 amide bonds. The van der Waals surface area contributed by atoms with Crippen LogP contribution in [0.3, 0.4) is 0 Å². The van der Waals surface area contributed by atoms with Gasteiger partial charge in [0, 0.05) is 10.0 Å². The number of hydrogen-bond donors (Lipinski definition) is 0. The zero-order valence-corrected chi connectivity index (χ0v) is 16.0. The fourth-order valence-electron chi connectivity index (χ4n) is 2.42. The van der Waals surface area contributed by atoms with E-state index in [0.29, 0.717) is 28.4 Å². The molecule has 1 aliphatic heterocycles. The molecule has 1 aliphatic rings. The van der Waals surface area contributed by atoms with E-state index < -0.39 is 5.97 Å². The van der Waals surface area contributed by atoms with Gasteiger partial charge in [0.15, 0.2) is 17.2 Å². The van der Waals surface area contributed by atoms with Gasteiger partial charge in [-0.25, -0.2) is 9.79 Å². The Morgan fingerprint density at radius 2 is 1.77 bits per heavy atom. The summed E-state index contributed by atoms with van der Waals surface area (Å²) in [6.45, 7) is 0. The minimum atomic E-state index is -0.524. The van der Waals surface area contributed by atoms with E-state index in [-0.39, 0.29) is 11.6 Å². The van der Waals surface area contributed by atoms with E-state index in [2.05, 4.69) is 20.9 Å². The first-order chi connectivity index (χ1) is 12.5. The molecule has 0 unspecified atom stereocenters. The SMILES string of the molecule is COc1cccc(C2=N/C(=C\c3cc(OC)c(OC)cc3Br)C(=O)O2)c1. The Morgan fingerprint density at radius 1 is 1.04 bits per heavy atom. The number of carbonyl (C=O) groups excluding carboxylic acids is 1. The molecule has 0 radical (unpaired) electrons. The van der Waals surface area contributed by atoms with E-state index in [0.717, 1.165) is 4.47 Å². The maximum Gasteiger partial charge on any atom is 0.363 e. The van der Waals surface area contributed by atoms with Gasteiger partial charge in [0.25, 0.3) is 0 Å². The van der Waals surface area contributed by atoms with Gasteiger partial charge >= 0.3 is 5.97 Å². The lowest BCUT2D eigenvalue weighted by Crippen LogP contribution is -2.05. The molecule has 3 rings (SSSR count). The Labute approximate surface area is 159 Å². The Bertz CT molecular complexity index is 920. The summed E-state index contributed by atoms with van der Waals surface area (Å²) in [4.78, 5) is 16.5. The van der Waals surface area contributed by atoms with Gasteiger partial charge in [-0.05, 0) is 42.0 Å². The highest BCUT2D eigenvalue weighted by molar-refractivity contribution is 9.10. The predicted molar refractivity (Wildman–Crippen MR) is 101 cm³/mol. The van der Waals surface area contributed by atoms with Gasteiger partial charge < -0.3 is 18.9 Å². The molecule has 0 N–H and O–H groups in total. The maximum atomic E-state index is 12.2. The van der Waals surface area contributed by atoms with Crippen LogP contribution in [0.25, 0.3) is 6.08 Å². The smallest absolute Gasteiger partial charge is 0.363 e. The molecule has 0 saturated heterocycles. The minimum Gasteiger partial charge on any atom is -0.497 e. The zero-order valence-electron chi connectivity index (χ0n) is 14.4. The molecule has 7 heteroatoms. The van der Waals surface area contributed by atoms with Crippen LogP contribution in [0.4, 0.5) is 0 Å². The summed E-state index contributed by atoms with van der Waals surface area (Å²) in [5.41, 5.74) is 1.56. The van der Waals surface area contributed by atoms with Crippen molar-refractivity contribution in [3.05, 3.63) is 57.7 Å².